The minimum absolute atomic E-state index is 0.918. The maximum atomic E-state index is 4.72. The van der Waals surface area contributed by atoms with Crippen molar-refractivity contribution in [3.63, 3.8) is 0 Å². The predicted molar refractivity (Wildman–Crippen MR) is 77.8 cm³/mol. The molecular weight excluding hydrogens is 210 g/mol. The predicted octanol–water partition coefficient (Wildman–Crippen LogP) is 2.86. The molecule has 0 rings (SSSR count). The van der Waals surface area contributed by atoms with Crippen LogP contribution in [0.2, 0.25) is 0 Å². The van der Waals surface area contributed by atoms with Crippen LogP contribution in [0, 0.1) is 0 Å². The normalized spacial score (nSPS) is 11.1. The first-order chi connectivity index (χ1) is 8.04. The molecule has 17 heavy (non-hydrogen) atoms. The maximum absolute atomic E-state index is 4.72. The Morgan fingerprint density at radius 2 is 1.76 bits per heavy atom. The van der Waals surface area contributed by atoms with Gasteiger partial charge in [0, 0.05) is 7.05 Å². The first-order valence-electron chi connectivity index (χ1n) is 5.57. The minimum Gasteiger partial charge on any atom is -0.256 e. The van der Waals surface area contributed by atoms with E-state index in [0.717, 1.165) is 23.5 Å². The molecule has 0 bridgehead atoms. The fourth-order valence-electron chi connectivity index (χ4n) is 0.757. The van der Waals surface area contributed by atoms with Gasteiger partial charge in [0.25, 0.3) is 0 Å². The topological polar surface area (TPSA) is 55.3 Å². The molecule has 0 unspecified atom stereocenters. The van der Waals surface area contributed by atoms with Crippen LogP contribution < -0.4 is 11.7 Å². The Labute approximate surface area is 105 Å². The highest BCUT2D eigenvalue weighted by Crippen LogP contribution is 1.97. The van der Waals surface area contributed by atoms with Gasteiger partial charge in [0.15, 0.2) is 0 Å². The molecular formula is C14H25N3. The molecule has 0 aromatic carbocycles. The number of hydrogen-bond donors (Lipinski definition) is 2. The molecule has 0 aromatic heterocycles. The van der Waals surface area contributed by atoms with Gasteiger partial charge in [-0.2, -0.15) is 5.12 Å². The van der Waals surface area contributed by atoms with E-state index in [-0.39, 0.29) is 0 Å². The van der Waals surface area contributed by atoms with Gasteiger partial charge in [-0.3, -0.25) is 11.7 Å². The van der Waals surface area contributed by atoms with Gasteiger partial charge < -0.3 is 0 Å². The van der Waals surface area contributed by atoms with Crippen LogP contribution in [0.25, 0.3) is 0 Å². The average Bonchev–Trinajstić information content (AvgIpc) is 2.25. The molecule has 4 N–H and O–H groups in total. The van der Waals surface area contributed by atoms with Crippen LogP contribution >= 0.6 is 0 Å². The molecule has 0 saturated heterocycles. The second kappa shape index (κ2) is 14.6. The van der Waals surface area contributed by atoms with Crippen LogP contribution in [0.4, 0.5) is 0 Å². The van der Waals surface area contributed by atoms with Crippen molar-refractivity contribution in [2.24, 2.45) is 11.7 Å². The van der Waals surface area contributed by atoms with E-state index in [1.165, 1.54) is 0 Å². The summed E-state index contributed by atoms with van der Waals surface area (Å²) < 4.78 is 0. The third-order valence-electron chi connectivity index (χ3n) is 1.43. The van der Waals surface area contributed by atoms with Crippen molar-refractivity contribution in [3.05, 3.63) is 61.3 Å². The molecule has 96 valence electrons. The second-order valence-corrected chi connectivity index (χ2v) is 3.36. The fourth-order valence-corrected chi connectivity index (χ4v) is 0.757. The van der Waals surface area contributed by atoms with Crippen LogP contribution in [0.5, 0.6) is 0 Å². The molecule has 0 atom stereocenters. The summed E-state index contributed by atoms with van der Waals surface area (Å²) in [5.74, 6) is 9.44. The summed E-state index contributed by atoms with van der Waals surface area (Å²) >= 11 is 0. The summed E-state index contributed by atoms with van der Waals surface area (Å²) in [7, 11) is 1.56. The lowest BCUT2D eigenvalue weighted by atomic mass is 10.2. The van der Waals surface area contributed by atoms with Crippen molar-refractivity contribution in [2.45, 2.75) is 19.8 Å². The largest absolute Gasteiger partial charge is 0.256 e. The summed E-state index contributed by atoms with van der Waals surface area (Å²) in [6, 6.07) is 0. The van der Waals surface area contributed by atoms with Crippen molar-refractivity contribution < 1.29 is 0 Å². The quantitative estimate of drug-likeness (QED) is 0.322. The maximum Gasteiger partial charge on any atom is 0.0169 e. The number of nitrogens with zero attached hydrogens (tertiary/aromatic N) is 1. The van der Waals surface area contributed by atoms with E-state index < -0.39 is 0 Å². The first kappa shape index (κ1) is 18.0. The van der Waals surface area contributed by atoms with Gasteiger partial charge in [-0.1, -0.05) is 56.0 Å². The molecule has 0 aliphatic carbocycles. The smallest absolute Gasteiger partial charge is 0.0169 e. The molecule has 0 amide bonds. The monoisotopic (exact) mass is 235 g/mol. The van der Waals surface area contributed by atoms with E-state index in [4.69, 9.17) is 11.7 Å². The van der Waals surface area contributed by atoms with Gasteiger partial charge in [-0.05, 0) is 18.4 Å². The van der Waals surface area contributed by atoms with E-state index in [1.54, 1.807) is 7.05 Å². The number of hydrazine groups is 2. The molecule has 0 aromatic rings. The molecule has 3 heteroatoms. The number of allylic oxidation sites excluding steroid dienone is 8. The van der Waals surface area contributed by atoms with Crippen molar-refractivity contribution in [1.82, 2.24) is 5.12 Å². The number of nitrogens with two attached hydrogens (primary N) is 2. The Hall–Kier alpha value is -1.42. The molecule has 0 saturated carbocycles. The van der Waals surface area contributed by atoms with Gasteiger partial charge in [0.1, 0.15) is 0 Å². The molecule has 3 nitrogen and oxygen atoms in total. The molecule has 0 radical (unpaired) electrons. The van der Waals surface area contributed by atoms with E-state index in [1.807, 2.05) is 30.4 Å². The van der Waals surface area contributed by atoms with Gasteiger partial charge in [0.2, 0.25) is 0 Å². The standard InChI is InChI=1S/C13H18.CH7N3/c1-4-6-8-9-10-12-13(3)11-7-5-2;1-4(2)3/h4,7-12H,1,3,5-6H2,2H3;2-3H2,1H3/b9-8-,11-7-,12-10-;. The highest BCUT2D eigenvalue weighted by atomic mass is 15.6. The highest BCUT2D eigenvalue weighted by Gasteiger charge is 1.76. The summed E-state index contributed by atoms with van der Waals surface area (Å²) in [5, 5.41) is 1.00. The fraction of sp³-hybridized carbons (Fsp3) is 0.286. The zero-order valence-electron chi connectivity index (χ0n) is 11.0. The summed E-state index contributed by atoms with van der Waals surface area (Å²) in [6.45, 7) is 9.62. The molecule has 0 aliphatic heterocycles. The van der Waals surface area contributed by atoms with Gasteiger partial charge in [-0.15, -0.1) is 6.58 Å². The van der Waals surface area contributed by atoms with E-state index in [9.17, 15) is 0 Å². The third-order valence-corrected chi connectivity index (χ3v) is 1.43. The lowest BCUT2D eigenvalue weighted by Crippen LogP contribution is -2.32. The summed E-state index contributed by atoms with van der Waals surface area (Å²) in [4.78, 5) is 0. The SMILES string of the molecule is C=CC/C=C\C=C/C(=C)/C=C\CC.CN(N)N. The summed E-state index contributed by atoms with van der Waals surface area (Å²) in [6.07, 6.45) is 16.0. The van der Waals surface area contributed by atoms with Crippen molar-refractivity contribution >= 4 is 0 Å². The molecule has 0 spiro atoms. The zero-order valence-corrected chi connectivity index (χ0v) is 11.0. The van der Waals surface area contributed by atoms with Gasteiger partial charge in [0.05, 0.1) is 0 Å². The third kappa shape index (κ3) is 25.1. The van der Waals surface area contributed by atoms with Crippen LogP contribution in [-0.4, -0.2) is 12.2 Å². The van der Waals surface area contributed by atoms with Gasteiger partial charge >= 0.3 is 0 Å². The van der Waals surface area contributed by atoms with Crippen LogP contribution in [-0.2, 0) is 0 Å². The average molecular weight is 235 g/mol. The second-order valence-electron chi connectivity index (χ2n) is 3.36. The van der Waals surface area contributed by atoms with Crippen molar-refractivity contribution in [2.75, 3.05) is 7.05 Å². The lowest BCUT2D eigenvalue weighted by molar-refractivity contribution is 0.366. The Balaban J connectivity index is 0. The highest BCUT2D eigenvalue weighted by molar-refractivity contribution is 5.29. The number of hydrogen-bond acceptors (Lipinski definition) is 3. The van der Waals surface area contributed by atoms with E-state index >= 15 is 0 Å². The van der Waals surface area contributed by atoms with Gasteiger partial charge in [-0.25, -0.2) is 0 Å². The lowest BCUT2D eigenvalue weighted by Gasteiger charge is -1.91. The number of rotatable bonds is 6. The summed E-state index contributed by atoms with van der Waals surface area (Å²) in [5.41, 5.74) is 1.03. The van der Waals surface area contributed by atoms with E-state index in [2.05, 4.69) is 32.2 Å². The zero-order chi connectivity index (χ0) is 13.5. The van der Waals surface area contributed by atoms with Crippen LogP contribution in [0.1, 0.15) is 19.8 Å². The van der Waals surface area contributed by atoms with Crippen molar-refractivity contribution in [3.8, 4) is 0 Å². The van der Waals surface area contributed by atoms with Crippen molar-refractivity contribution in [1.29, 1.82) is 0 Å². The Morgan fingerprint density at radius 3 is 2.24 bits per heavy atom. The molecule has 0 fully saturated rings. The van der Waals surface area contributed by atoms with Crippen LogP contribution in [0.3, 0.4) is 0 Å². The van der Waals surface area contributed by atoms with E-state index in [0.29, 0.717) is 0 Å². The molecule has 0 heterocycles. The first-order valence-corrected chi connectivity index (χ1v) is 5.57. The Kier molecular flexibility index (Phi) is 15.4. The van der Waals surface area contributed by atoms with Crippen LogP contribution in [0.15, 0.2) is 61.3 Å². The Bertz CT molecular complexity index is 270. The Morgan fingerprint density at radius 1 is 1.18 bits per heavy atom. The minimum atomic E-state index is 0.918. The molecule has 0 aliphatic rings.